The van der Waals surface area contributed by atoms with Crippen molar-refractivity contribution < 1.29 is 4.79 Å². The third-order valence-electron chi connectivity index (χ3n) is 7.80. The number of fused-ring (bicyclic) bond motifs is 5. The van der Waals surface area contributed by atoms with E-state index in [9.17, 15) is 4.79 Å². The Bertz CT molecular complexity index is 510. The number of alkyl halides is 1. The van der Waals surface area contributed by atoms with Crippen molar-refractivity contribution >= 4 is 17.4 Å². The van der Waals surface area contributed by atoms with Gasteiger partial charge in [0.1, 0.15) is 5.78 Å². The fourth-order valence-electron chi connectivity index (χ4n) is 6.44. The number of allylic oxidation sites excluding steroid dienone is 2. The van der Waals surface area contributed by atoms with Gasteiger partial charge in [-0.1, -0.05) is 25.5 Å². The first-order chi connectivity index (χ1) is 9.98. The van der Waals surface area contributed by atoms with Crippen LogP contribution < -0.4 is 0 Å². The molecule has 0 aromatic heterocycles. The summed E-state index contributed by atoms with van der Waals surface area (Å²) in [5.41, 5.74) is 1.83. The van der Waals surface area contributed by atoms with Crippen molar-refractivity contribution in [3.05, 3.63) is 11.6 Å². The Kier molecular flexibility index (Phi) is 3.13. The van der Waals surface area contributed by atoms with E-state index in [2.05, 4.69) is 19.9 Å². The zero-order valence-electron chi connectivity index (χ0n) is 13.3. The Hall–Kier alpha value is -0.300. The Morgan fingerprint density at radius 2 is 1.95 bits per heavy atom. The van der Waals surface area contributed by atoms with E-state index in [4.69, 9.17) is 11.6 Å². The zero-order chi connectivity index (χ0) is 14.8. The topological polar surface area (TPSA) is 17.1 Å². The normalized spacial score (nSPS) is 52.7. The molecule has 0 bridgehead atoms. The average molecular weight is 307 g/mol. The number of rotatable bonds is 0. The molecular formula is C19H27ClO. The molecule has 4 aliphatic rings. The van der Waals surface area contributed by atoms with Crippen LogP contribution in [0.15, 0.2) is 11.6 Å². The molecule has 0 amide bonds. The third kappa shape index (κ3) is 1.73. The average Bonchev–Trinajstić information content (AvgIpc) is 2.76. The van der Waals surface area contributed by atoms with Gasteiger partial charge in [-0.2, -0.15) is 0 Å². The molecule has 1 unspecified atom stereocenters. The van der Waals surface area contributed by atoms with Crippen LogP contribution >= 0.6 is 11.6 Å². The van der Waals surface area contributed by atoms with Gasteiger partial charge >= 0.3 is 0 Å². The molecule has 0 aliphatic heterocycles. The van der Waals surface area contributed by atoms with Gasteiger partial charge in [0.05, 0.1) is 0 Å². The van der Waals surface area contributed by atoms with E-state index in [0.29, 0.717) is 28.9 Å². The summed E-state index contributed by atoms with van der Waals surface area (Å²) in [7, 11) is 0. The van der Waals surface area contributed by atoms with Gasteiger partial charge in [-0.15, -0.1) is 11.6 Å². The monoisotopic (exact) mass is 306 g/mol. The second-order valence-corrected chi connectivity index (χ2v) is 8.93. The minimum Gasteiger partial charge on any atom is -0.299 e. The van der Waals surface area contributed by atoms with Gasteiger partial charge < -0.3 is 0 Å². The molecule has 0 N–H and O–H groups in total. The van der Waals surface area contributed by atoms with Crippen molar-refractivity contribution in [2.75, 3.05) is 0 Å². The molecule has 3 saturated carbocycles. The van der Waals surface area contributed by atoms with Gasteiger partial charge in [0, 0.05) is 22.6 Å². The summed E-state index contributed by atoms with van der Waals surface area (Å²) in [6, 6.07) is 0. The van der Waals surface area contributed by atoms with E-state index >= 15 is 0 Å². The standard InChI is InChI=1S/C19H27ClO/c1-18-11-10-15-13(14(18)8-9-17(18)21)7-6-12-4-3-5-16(20)19(12,15)2/h6,13-16H,3-5,7-11H2,1-2H3/t13-,14-,15-,16?,18-,19-/m0/s1. The number of Topliss-reactive ketones (excluding diaryl/α,β-unsaturated/α-hetero) is 1. The summed E-state index contributed by atoms with van der Waals surface area (Å²) in [5.74, 6) is 2.56. The quantitative estimate of drug-likeness (QED) is 0.448. The fourth-order valence-corrected chi connectivity index (χ4v) is 6.90. The minimum absolute atomic E-state index is 0.0145. The van der Waals surface area contributed by atoms with Crippen molar-refractivity contribution in [2.24, 2.45) is 28.6 Å². The largest absolute Gasteiger partial charge is 0.299 e. The SMILES string of the molecule is C[C@]12CC[C@H]3[C@@H](CC=C4CCCC(Cl)[C@@]43C)[C@@H]1CCC2=O. The Morgan fingerprint density at radius 3 is 2.76 bits per heavy atom. The van der Waals surface area contributed by atoms with Crippen LogP contribution in [0.25, 0.3) is 0 Å². The Balaban J connectivity index is 1.74. The van der Waals surface area contributed by atoms with E-state index < -0.39 is 0 Å². The van der Waals surface area contributed by atoms with Crippen molar-refractivity contribution in [3.8, 4) is 0 Å². The van der Waals surface area contributed by atoms with Crippen molar-refractivity contribution in [3.63, 3.8) is 0 Å². The molecule has 6 atom stereocenters. The third-order valence-corrected chi connectivity index (χ3v) is 8.47. The summed E-state index contributed by atoms with van der Waals surface area (Å²) >= 11 is 6.85. The van der Waals surface area contributed by atoms with Crippen molar-refractivity contribution in [1.29, 1.82) is 0 Å². The van der Waals surface area contributed by atoms with Crippen LogP contribution in [0.1, 0.15) is 65.2 Å². The van der Waals surface area contributed by atoms with Gasteiger partial charge in [0.2, 0.25) is 0 Å². The Labute approximate surface area is 133 Å². The van der Waals surface area contributed by atoms with Gasteiger partial charge in [0.15, 0.2) is 0 Å². The molecule has 0 spiro atoms. The molecule has 116 valence electrons. The van der Waals surface area contributed by atoms with Crippen LogP contribution in [0.3, 0.4) is 0 Å². The highest BCUT2D eigenvalue weighted by atomic mass is 35.5. The molecule has 2 heteroatoms. The second kappa shape index (κ2) is 4.60. The minimum atomic E-state index is -0.0145. The highest BCUT2D eigenvalue weighted by Crippen LogP contribution is 2.64. The maximum absolute atomic E-state index is 12.4. The number of carbonyl (C=O) groups excluding carboxylic acids is 1. The lowest BCUT2D eigenvalue weighted by Gasteiger charge is -2.57. The number of halogens is 1. The molecule has 4 aliphatic carbocycles. The highest BCUT2D eigenvalue weighted by Gasteiger charge is 2.59. The first-order valence-corrected chi connectivity index (χ1v) is 9.28. The number of carbonyl (C=O) groups is 1. The van der Waals surface area contributed by atoms with Crippen molar-refractivity contribution in [1.82, 2.24) is 0 Å². The lowest BCUT2D eigenvalue weighted by Crippen LogP contribution is -2.52. The predicted molar refractivity (Wildman–Crippen MR) is 86.4 cm³/mol. The van der Waals surface area contributed by atoms with Crippen LogP contribution in [0.2, 0.25) is 0 Å². The van der Waals surface area contributed by atoms with Crippen LogP contribution in [0.4, 0.5) is 0 Å². The second-order valence-electron chi connectivity index (χ2n) is 8.40. The molecule has 0 heterocycles. The fraction of sp³-hybridized carbons (Fsp3) is 0.842. The van der Waals surface area contributed by atoms with Crippen LogP contribution in [0.5, 0.6) is 0 Å². The highest BCUT2D eigenvalue weighted by molar-refractivity contribution is 6.21. The van der Waals surface area contributed by atoms with Gasteiger partial charge in [-0.05, 0) is 62.7 Å². The molecular weight excluding hydrogens is 280 g/mol. The summed E-state index contributed by atoms with van der Waals surface area (Å²) in [4.78, 5) is 12.4. The maximum atomic E-state index is 12.4. The first-order valence-electron chi connectivity index (χ1n) is 8.85. The van der Waals surface area contributed by atoms with Crippen LogP contribution in [0, 0.1) is 28.6 Å². The molecule has 21 heavy (non-hydrogen) atoms. The molecule has 1 nitrogen and oxygen atoms in total. The summed E-state index contributed by atoms with van der Waals surface area (Å²) in [6.45, 7) is 4.69. The van der Waals surface area contributed by atoms with Gasteiger partial charge in [-0.25, -0.2) is 0 Å². The van der Waals surface area contributed by atoms with E-state index in [1.165, 1.54) is 32.1 Å². The maximum Gasteiger partial charge on any atom is 0.139 e. The number of ketones is 1. The van der Waals surface area contributed by atoms with E-state index in [1.54, 1.807) is 5.57 Å². The molecule has 0 aromatic carbocycles. The Morgan fingerprint density at radius 1 is 1.14 bits per heavy atom. The van der Waals surface area contributed by atoms with E-state index in [-0.39, 0.29) is 10.8 Å². The smallest absolute Gasteiger partial charge is 0.139 e. The molecule has 0 radical (unpaired) electrons. The van der Waals surface area contributed by atoms with Crippen molar-refractivity contribution in [2.45, 2.75) is 70.6 Å². The molecule has 0 saturated heterocycles. The summed E-state index contributed by atoms with van der Waals surface area (Å²) in [5, 5.41) is 0.298. The molecule has 4 rings (SSSR count). The summed E-state index contributed by atoms with van der Waals surface area (Å²) < 4.78 is 0. The number of hydrogen-bond acceptors (Lipinski definition) is 1. The van der Waals surface area contributed by atoms with Gasteiger partial charge in [-0.3, -0.25) is 4.79 Å². The first kappa shape index (κ1) is 14.3. The van der Waals surface area contributed by atoms with Gasteiger partial charge in [0.25, 0.3) is 0 Å². The molecule has 3 fully saturated rings. The summed E-state index contributed by atoms with van der Waals surface area (Å²) in [6.07, 6.45) is 11.7. The van der Waals surface area contributed by atoms with E-state index in [0.717, 1.165) is 19.3 Å². The lowest BCUT2D eigenvalue weighted by molar-refractivity contribution is -0.131. The lowest BCUT2D eigenvalue weighted by atomic mass is 9.48. The van der Waals surface area contributed by atoms with Crippen LogP contribution in [-0.4, -0.2) is 11.2 Å². The van der Waals surface area contributed by atoms with Crippen LogP contribution in [-0.2, 0) is 4.79 Å². The number of hydrogen-bond donors (Lipinski definition) is 0. The predicted octanol–water partition coefficient (Wildman–Crippen LogP) is 5.13. The molecule has 0 aromatic rings. The van der Waals surface area contributed by atoms with E-state index in [1.807, 2.05) is 0 Å². The zero-order valence-corrected chi connectivity index (χ0v) is 14.1.